The lowest BCUT2D eigenvalue weighted by Crippen LogP contribution is -2.28. The van der Waals surface area contributed by atoms with Crippen LogP contribution in [-0.2, 0) is 0 Å². The van der Waals surface area contributed by atoms with Gasteiger partial charge in [0.15, 0.2) is 0 Å². The Morgan fingerprint density at radius 1 is 1.27 bits per heavy atom. The number of aromatic nitrogens is 1. The summed E-state index contributed by atoms with van der Waals surface area (Å²) in [6.45, 7) is 7.54. The first-order valence-corrected chi connectivity index (χ1v) is 4.98. The molecular weight excluding hydrogens is 182 g/mol. The minimum Gasteiger partial charge on any atom is -0.248 e. The summed E-state index contributed by atoms with van der Waals surface area (Å²) in [5.41, 5.74) is 1.93. The van der Waals surface area contributed by atoms with Gasteiger partial charge in [0.1, 0.15) is 0 Å². The zero-order valence-electron chi connectivity index (χ0n) is 8.61. The fourth-order valence-electron chi connectivity index (χ4n) is 1.63. The molecule has 0 saturated carbocycles. The molecule has 1 aliphatic carbocycles. The van der Waals surface area contributed by atoms with Crippen LogP contribution in [0.2, 0.25) is 0 Å². The lowest BCUT2D eigenvalue weighted by atomic mass is 10.1. The Morgan fingerprint density at radius 3 is 2.87 bits per heavy atom. The van der Waals surface area contributed by atoms with E-state index < -0.39 is 0 Å². The Kier molecular flexibility index (Phi) is 2.64. The molecule has 1 aromatic rings. The van der Waals surface area contributed by atoms with Gasteiger partial charge in [-0.3, -0.25) is 0 Å². The molecule has 1 heterocycles. The van der Waals surface area contributed by atoms with Crippen LogP contribution in [0.25, 0.3) is 24.3 Å². The van der Waals surface area contributed by atoms with Crippen LogP contribution in [0.15, 0.2) is 31.4 Å². The van der Waals surface area contributed by atoms with Gasteiger partial charge in [-0.1, -0.05) is 43.5 Å². The monoisotopic (exact) mass is 195 g/mol. The molecule has 0 unspecified atom stereocenters. The summed E-state index contributed by atoms with van der Waals surface area (Å²) in [6.07, 6.45) is 12.9. The van der Waals surface area contributed by atoms with Gasteiger partial charge in [0, 0.05) is 10.8 Å². The summed E-state index contributed by atoms with van der Waals surface area (Å²) >= 11 is 0. The highest BCUT2D eigenvalue weighted by molar-refractivity contribution is 5.61. The zero-order chi connectivity index (χ0) is 10.7. The standard InChI is InChI=1S/C14H13N/c1-3-11-10-12-8-6-5-7-9-14(12)15-13(11)4-2/h3-6,8-10H,1-2,7H2. The number of rotatable bonds is 2. The quantitative estimate of drug-likeness (QED) is 0.702. The van der Waals surface area contributed by atoms with Crippen LogP contribution in [-0.4, -0.2) is 4.98 Å². The molecular formula is C14H13N. The topological polar surface area (TPSA) is 12.9 Å². The van der Waals surface area contributed by atoms with Crippen molar-refractivity contribution in [3.05, 3.63) is 53.2 Å². The lowest BCUT2D eigenvalue weighted by Gasteiger charge is -2.00. The zero-order valence-corrected chi connectivity index (χ0v) is 8.61. The van der Waals surface area contributed by atoms with Crippen molar-refractivity contribution in [2.75, 3.05) is 0 Å². The van der Waals surface area contributed by atoms with Gasteiger partial charge in [-0.15, -0.1) is 0 Å². The van der Waals surface area contributed by atoms with Crippen LogP contribution in [0.4, 0.5) is 0 Å². The summed E-state index contributed by atoms with van der Waals surface area (Å²) < 4.78 is 0. The van der Waals surface area contributed by atoms with Crippen LogP contribution in [0.3, 0.4) is 0 Å². The van der Waals surface area contributed by atoms with Crippen molar-refractivity contribution in [2.45, 2.75) is 6.42 Å². The molecule has 1 aromatic heterocycles. The van der Waals surface area contributed by atoms with E-state index in [1.165, 1.54) is 0 Å². The van der Waals surface area contributed by atoms with E-state index in [9.17, 15) is 0 Å². The Bertz CT molecular complexity index is 547. The molecule has 1 heteroatoms. The predicted octanol–water partition coefficient (Wildman–Crippen LogP) is 1.89. The van der Waals surface area contributed by atoms with Crippen LogP contribution in [0, 0.1) is 0 Å². The molecule has 0 atom stereocenters. The fraction of sp³-hybridized carbons (Fsp3) is 0.0714. The summed E-state index contributed by atoms with van der Waals surface area (Å²) in [5, 5.41) is 2.17. The van der Waals surface area contributed by atoms with Gasteiger partial charge >= 0.3 is 0 Å². The van der Waals surface area contributed by atoms with Crippen LogP contribution >= 0.6 is 0 Å². The highest BCUT2D eigenvalue weighted by Gasteiger charge is 1.98. The minimum absolute atomic E-state index is 0.898. The van der Waals surface area contributed by atoms with Crippen molar-refractivity contribution < 1.29 is 0 Å². The number of nitrogens with zero attached hydrogens (tertiary/aromatic N) is 1. The van der Waals surface area contributed by atoms with Gasteiger partial charge in [-0.05, 0) is 18.6 Å². The number of pyridine rings is 1. The molecule has 1 aliphatic rings. The van der Waals surface area contributed by atoms with Crippen LogP contribution in [0.5, 0.6) is 0 Å². The largest absolute Gasteiger partial charge is 0.248 e. The molecule has 0 bridgehead atoms. The first-order valence-electron chi connectivity index (χ1n) is 4.98. The van der Waals surface area contributed by atoms with Gasteiger partial charge in [-0.2, -0.15) is 0 Å². The van der Waals surface area contributed by atoms with E-state index in [0.717, 1.165) is 28.2 Å². The molecule has 0 saturated heterocycles. The van der Waals surface area contributed by atoms with E-state index in [2.05, 4.69) is 48.5 Å². The number of hydrogen-bond donors (Lipinski definition) is 0. The summed E-state index contributed by atoms with van der Waals surface area (Å²) in [4.78, 5) is 4.55. The Morgan fingerprint density at radius 2 is 2.13 bits per heavy atom. The van der Waals surface area contributed by atoms with Crippen molar-refractivity contribution in [2.24, 2.45) is 0 Å². The number of fused-ring (bicyclic) bond motifs is 1. The minimum atomic E-state index is 0.898. The second-order valence-electron chi connectivity index (χ2n) is 3.38. The Hall–Kier alpha value is -1.89. The molecule has 2 rings (SSSR count). The first kappa shape index (κ1) is 9.66. The van der Waals surface area contributed by atoms with E-state index >= 15 is 0 Å². The average molecular weight is 195 g/mol. The summed E-state index contributed by atoms with van der Waals surface area (Å²) in [6, 6.07) is 2.10. The number of allylic oxidation sites excluding steroid dienone is 2. The maximum absolute atomic E-state index is 4.55. The van der Waals surface area contributed by atoms with Crippen LogP contribution < -0.4 is 10.6 Å². The SMILES string of the molecule is C=Cc1cc2c(nc1C=C)=CCC=CC=2. The van der Waals surface area contributed by atoms with Gasteiger partial charge in [-0.25, -0.2) is 4.98 Å². The lowest BCUT2D eigenvalue weighted by molar-refractivity contribution is 1.18. The highest BCUT2D eigenvalue weighted by atomic mass is 14.7. The summed E-state index contributed by atoms with van der Waals surface area (Å²) in [7, 11) is 0. The van der Waals surface area contributed by atoms with Crippen molar-refractivity contribution in [1.29, 1.82) is 0 Å². The maximum Gasteiger partial charge on any atom is 0.0703 e. The molecule has 0 N–H and O–H groups in total. The molecule has 74 valence electrons. The molecule has 0 spiro atoms. The third-order valence-corrected chi connectivity index (χ3v) is 2.42. The van der Waals surface area contributed by atoms with E-state index in [1.807, 2.05) is 6.08 Å². The van der Waals surface area contributed by atoms with Gasteiger partial charge in [0.25, 0.3) is 0 Å². The van der Waals surface area contributed by atoms with Crippen molar-refractivity contribution in [3.63, 3.8) is 0 Å². The van der Waals surface area contributed by atoms with E-state index in [4.69, 9.17) is 0 Å². The van der Waals surface area contributed by atoms with Crippen molar-refractivity contribution in [1.82, 2.24) is 4.98 Å². The van der Waals surface area contributed by atoms with Gasteiger partial charge in [0.05, 0.1) is 11.0 Å². The molecule has 15 heavy (non-hydrogen) atoms. The van der Waals surface area contributed by atoms with E-state index in [-0.39, 0.29) is 0 Å². The third kappa shape index (κ3) is 1.82. The predicted molar refractivity (Wildman–Crippen MR) is 66.4 cm³/mol. The average Bonchev–Trinajstić information content (AvgIpc) is 2.51. The second-order valence-corrected chi connectivity index (χ2v) is 3.38. The van der Waals surface area contributed by atoms with Crippen molar-refractivity contribution in [3.8, 4) is 0 Å². The fourth-order valence-corrected chi connectivity index (χ4v) is 1.63. The van der Waals surface area contributed by atoms with E-state index in [0.29, 0.717) is 0 Å². The summed E-state index contributed by atoms with van der Waals surface area (Å²) in [5.74, 6) is 0. The Balaban J connectivity index is 2.81. The third-order valence-electron chi connectivity index (χ3n) is 2.42. The molecule has 0 fully saturated rings. The van der Waals surface area contributed by atoms with Crippen molar-refractivity contribution >= 4 is 24.3 Å². The molecule has 1 nitrogen and oxygen atoms in total. The van der Waals surface area contributed by atoms with Crippen LogP contribution in [0.1, 0.15) is 17.7 Å². The molecule has 0 radical (unpaired) electrons. The smallest absolute Gasteiger partial charge is 0.0703 e. The molecule has 0 aliphatic heterocycles. The second kappa shape index (κ2) is 4.09. The first-order chi connectivity index (χ1) is 7.35. The molecule has 0 amide bonds. The number of hydrogen-bond acceptors (Lipinski definition) is 1. The highest BCUT2D eigenvalue weighted by Crippen LogP contribution is 2.04. The van der Waals surface area contributed by atoms with Gasteiger partial charge < -0.3 is 0 Å². The molecule has 0 aromatic carbocycles. The van der Waals surface area contributed by atoms with Gasteiger partial charge in [0.2, 0.25) is 0 Å². The Labute approximate surface area is 89.5 Å². The maximum atomic E-state index is 4.55. The normalized spacial score (nSPS) is 13.1. The van der Waals surface area contributed by atoms with E-state index in [1.54, 1.807) is 6.08 Å².